The maximum atomic E-state index is 13.3. The highest BCUT2D eigenvalue weighted by Crippen LogP contribution is 2.34. The topological polar surface area (TPSA) is 111 Å². The zero-order chi connectivity index (χ0) is 25.5. The predicted molar refractivity (Wildman–Crippen MR) is 134 cm³/mol. The maximum absolute atomic E-state index is 13.3. The molecular formula is C26H28N4O5S. The molecule has 36 heavy (non-hydrogen) atoms. The van der Waals surface area contributed by atoms with Gasteiger partial charge in [0.1, 0.15) is 13.2 Å². The summed E-state index contributed by atoms with van der Waals surface area (Å²) in [5, 5.41) is 2.74. The van der Waals surface area contributed by atoms with Crippen LogP contribution in [0.3, 0.4) is 0 Å². The van der Waals surface area contributed by atoms with E-state index in [2.05, 4.69) is 36.1 Å². The first-order valence-corrected chi connectivity index (χ1v) is 13.2. The predicted octanol–water partition coefficient (Wildman–Crippen LogP) is 3.54. The van der Waals surface area contributed by atoms with Crippen molar-refractivity contribution in [3.63, 3.8) is 0 Å². The molecule has 1 amide bonds. The molecule has 3 heterocycles. The Morgan fingerprint density at radius 2 is 1.75 bits per heavy atom. The van der Waals surface area contributed by atoms with Crippen molar-refractivity contribution in [2.45, 2.75) is 44.0 Å². The number of carbonyl (C=O) groups excluding carboxylic acids is 1. The van der Waals surface area contributed by atoms with Crippen LogP contribution in [0.4, 0.5) is 5.95 Å². The fourth-order valence-corrected chi connectivity index (χ4v) is 5.62. The second-order valence-electron chi connectivity index (χ2n) is 9.84. The molecule has 0 bridgehead atoms. The lowest BCUT2D eigenvalue weighted by molar-refractivity contribution is 0.102. The quantitative estimate of drug-likeness (QED) is 0.574. The lowest BCUT2D eigenvalue weighted by atomic mass is 9.87. The molecule has 9 nitrogen and oxygen atoms in total. The van der Waals surface area contributed by atoms with E-state index in [1.807, 2.05) is 12.1 Å². The number of hydrogen-bond donors (Lipinski definition) is 1. The number of sulfonamides is 1. The summed E-state index contributed by atoms with van der Waals surface area (Å²) in [6.07, 6.45) is 1.98. The highest BCUT2D eigenvalue weighted by atomic mass is 32.2. The third-order valence-electron chi connectivity index (χ3n) is 6.29. The van der Waals surface area contributed by atoms with E-state index < -0.39 is 10.0 Å². The van der Waals surface area contributed by atoms with Crippen LogP contribution in [0.1, 0.15) is 48.0 Å². The largest absolute Gasteiger partial charge is 0.486 e. The smallest absolute Gasteiger partial charge is 0.258 e. The number of fused-ring (bicyclic) bond motifs is 2. The summed E-state index contributed by atoms with van der Waals surface area (Å²) >= 11 is 0. The number of nitrogens with one attached hydrogen (secondary N) is 1. The summed E-state index contributed by atoms with van der Waals surface area (Å²) in [5.74, 6) is 0.865. The SMILES string of the molecule is CC(C)(C)c1ccc(C(=O)Nc2ncc3c(n2)CCN(S(=O)(=O)c2ccc4c(c2)OCCO4)C3)cc1. The fraction of sp³-hybridized carbons (Fsp3) is 0.346. The Bertz CT molecular complexity index is 1420. The molecule has 2 aliphatic rings. The van der Waals surface area contributed by atoms with Crippen molar-refractivity contribution in [3.8, 4) is 11.5 Å². The summed E-state index contributed by atoms with van der Waals surface area (Å²) in [7, 11) is -3.75. The minimum Gasteiger partial charge on any atom is -0.486 e. The van der Waals surface area contributed by atoms with Crippen molar-refractivity contribution in [2.75, 3.05) is 25.1 Å². The van der Waals surface area contributed by atoms with Crippen LogP contribution in [0.5, 0.6) is 11.5 Å². The van der Waals surface area contributed by atoms with Crippen molar-refractivity contribution < 1.29 is 22.7 Å². The lowest BCUT2D eigenvalue weighted by Gasteiger charge is -2.28. The first-order valence-electron chi connectivity index (χ1n) is 11.8. The van der Waals surface area contributed by atoms with Crippen LogP contribution in [-0.2, 0) is 28.4 Å². The number of hydrogen-bond acceptors (Lipinski definition) is 7. The molecule has 0 radical (unpaired) electrons. The number of carbonyl (C=O) groups is 1. The zero-order valence-electron chi connectivity index (χ0n) is 20.4. The number of anilines is 1. The molecule has 0 spiro atoms. The van der Waals surface area contributed by atoms with E-state index in [1.165, 1.54) is 16.4 Å². The van der Waals surface area contributed by atoms with E-state index in [1.54, 1.807) is 24.4 Å². The third kappa shape index (κ3) is 4.78. The summed E-state index contributed by atoms with van der Waals surface area (Å²) in [5.41, 5.74) is 3.08. The molecule has 1 aromatic heterocycles. The minimum absolute atomic E-state index is 0.0000729. The Morgan fingerprint density at radius 3 is 2.47 bits per heavy atom. The van der Waals surface area contributed by atoms with Crippen LogP contribution in [0.25, 0.3) is 0 Å². The Hall–Kier alpha value is -3.50. The van der Waals surface area contributed by atoms with Crippen LogP contribution in [-0.4, -0.2) is 48.4 Å². The zero-order valence-corrected chi connectivity index (χ0v) is 21.3. The van der Waals surface area contributed by atoms with E-state index in [9.17, 15) is 13.2 Å². The van der Waals surface area contributed by atoms with E-state index >= 15 is 0 Å². The van der Waals surface area contributed by atoms with E-state index in [4.69, 9.17) is 9.47 Å². The number of amides is 1. The maximum Gasteiger partial charge on any atom is 0.258 e. The molecule has 0 fully saturated rings. The molecule has 0 saturated heterocycles. The Labute approximate surface area is 210 Å². The summed E-state index contributed by atoms with van der Waals surface area (Å²) in [6.45, 7) is 7.58. The normalized spacial score (nSPS) is 15.8. The number of ether oxygens (including phenoxy) is 2. The van der Waals surface area contributed by atoms with Gasteiger partial charge in [0, 0.05) is 42.9 Å². The molecule has 0 unspecified atom stereocenters. The molecule has 188 valence electrons. The summed E-state index contributed by atoms with van der Waals surface area (Å²) < 4.78 is 39.0. The number of rotatable bonds is 4. The van der Waals surface area contributed by atoms with Crippen LogP contribution in [0, 0.1) is 0 Å². The van der Waals surface area contributed by atoms with Crippen molar-refractivity contribution in [1.29, 1.82) is 0 Å². The van der Waals surface area contributed by atoms with Crippen molar-refractivity contribution in [2.24, 2.45) is 0 Å². The van der Waals surface area contributed by atoms with Crippen molar-refractivity contribution in [3.05, 3.63) is 71.0 Å². The Balaban J connectivity index is 1.29. The first-order chi connectivity index (χ1) is 17.1. The van der Waals surface area contributed by atoms with E-state index in [-0.39, 0.29) is 35.3 Å². The van der Waals surface area contributed by atoms with Gasteiger partial charge in [0.25, 0.3) is 5.91 Å². The molecule has 2 aliphatic heterocycles. The second kappa shape index (κ2) is 9.18. The third-order valence-corrected chi connectivity index (χ3v) is 8.13. The van der Waals surface area contributed by atoms with Gasteiger partial charge in [-0.2, -0.15) is 4.31 Å². The Morgan fingerprint density at radius 1 is 1.03 bits per heavy atom. The van der Waals surface area contributed by atoms with E-state index in [0.29, 0.717) is 42.3 Å². The molecule has 10 heteroatoms. The first kappa shape index (κ1) is 24.2. The van der Waals surface area contributed by atoms with Crippen LogP contribution in [0.15, 0.2) is 53.6 Å². The second-order valence-corrected chi connectivity index (χ2v) is 11.8. The molecule has 3 aromatic rings. The average Bonchev–Trinajstić information content (AvgIpc) is 2.87. The molecule has 0 atom stereocenters. The molecule has 1 N–H and O–H groups in total. The molecule has 0 saturated carbocycles. The number of benzene rings is 2. The van der Waals surface area contributed by atoms with Gasteiger partial charge in [0.05, 0.1) is 10.6 Å². The fourth-order valence-electron chi connectivity index (χ4n) is 4.18. The average molecular weight is 509 g/mol. The van der Waals surface area contributed by atoms with Gasteiger partial charge in [-0.15, -0.1) is 0 Å². The van der Waals surface area contributed by atoms with Gasteiger partial charge in [-0.3, -0.25) is 10.1 Å². The molecule has 0 aliphatic carbocycles. The van der Waals surface area contributed by atoms with Crippen LogP contribution < -0.4 is 14.8 Å². The van der Waals surface area contributed by atoms with Crippen LogP contribution in [0.2, 0.25) is 0 Å². The van der Waals surface area contributed by atoms with Gasteiger partial charge in [0.2, 0.25) is 16.0 Å². The van der Waals surface area contributed by atoms with Gasteiger partial charge in [-0.05, 0) is 35.2 Å². The molecular weight excluding hydrogens is 480 g/mol. The number of nitrogens with zero attached hydrogens (tertiary/aromatic N) is 3. The standard InChI is InChI=1S/C26H28N4O5S/c1-26(2,3)19-6-4-17(5-7-19)24(31)29-25-27-15-18-16-30(11-10-21(18)28-25)36(32,33)20-8-9-22-23(14-20)35-13-12-34-22/h4-9,14-15H,10-13,16H2,1-3H3,(H,27,28,29,31). The minimum atomic E-state index is -3.75. The van der Waals surface area contributed by atoms with Gasteiger partial charge in [-0.25, -0.2) is 18.4 Å². The van der Waals surface area contributed by atoms with Crippen molar-refractivity contribution in [1.82, 2.24) is 14.3 Å². The number of aromatic nitrogens is 2. The molecule has 2 aromatic carbocycles. The van der Waals surface area contributed by atoms with Gasteiger partial charge in [-0.1, -0.05) is 32.9 Å². The highest BCUT2D eigenvalue weighted by molar-refractivity contribution is 7.89. The summed E-state index contributed by atoms with van der Waals surface area (Å²) in [4.78, 5) is 21.6. The van der Waals surface area contributed by atoms with Gasteiger partial charge < -0.3 is 9.47 Å². The Kier molecular flexibility index (Phi) is 6.17. The van der Waals surface area contributed by atoms with E-state index in [0.717, 1.165) is 11.3 Å². The molecule has 5 rings (SSSR count). The summed E-state index contributed by atoms with van der Waals surface area (Å²) in [6, 6.07) is 12.1. The highest BCUT2D eigenvalue weighted by Gasteiger charge is 2.30. The van der Waals surface area contributed by atoms with Crippen LogP contribution >= 0.6 is 0 Å². The van der Waals surface area contributed by atoms with Gasteiger partial charge in [0.15, 0.2) is 11.5 Å². The monoisotopic (exact) mass is 508 g/mol. The van der Waals surface area contributed by atoms with Gasteiger partial charge >= 0.3 is 0 Å². The lowest BCUT2D eigenvalue weighted by Crippen LogP contribution is -2.36. The van der Waals surface area contributed by atoms with Crippen molar-refractivity contribution >= 4 is 21.9 Å².